The zero-order valence-electron chi connectivity index (χ0n) is 10.3. The molecule has 0 aliphatic carbocycles. The van der Waals surface area contributed by atoms with Crippen LogP contribution in [0.15, 0.2) is 12.4 Å². The maximum atomic E-state index is 11.9. The third-order valence-corrected chi connectivity index (χ3v) is 2.42. The van der Waals surface area contributed by atoms with Gasteiger partial charge in [-0.1, -0.05) is 0 Å². The van der Waals surface area contributed by atoms with Gasteiger partial charge in [0, 0.05) is 20.1 Å². The van der Waals surface area contributed by atoms with Crippen molar-refractivity contribution in [2.45, 2.75) is 26.9 Å². The highest BCUT2D eigenvalue weighted by Gasteiger charge is 2.19. The van der Waals surface area contributed by atoms with Crippen LogP contribution in [0.25, 0.3) is 0 Å². The van der Waals surface area contributed by atoms with Crippen LogP contribution in [0.2, 0.25) is 0 Å². The maximum absolute atomic E-state index is 11.9. The molecule has 0 aromatic carbocycles. The van der Waals surface area contributed by atoms with Gasteiger partial charge in [-0.15, -0.1) is 0 Å². The van der Waals surface area contributed by atoms with E-state index in [9.17, 15) is 4.79 Å². The molecule has 1 heterocycles. The molecule has 1 aromatic rings. The van der Waals surface area contributed by atoms with E-state index in [4.69, 9.17) is 4.74 Å². The van der Waals surface area contributed by atoms with E-state index < -0.39 is 6.10 Å². The molecule has 0 saturated heterocycles. The van der Waals surface area contributed by atoms with Crippen molar-refractivity contribution >= 4 is 5.91 Å². The molecule has 0 saturated carbocycles. The predicted octanol–water partition coefficient (Wildman–Crippen LogP) is 1.06. The summed E-state index contributed by atoms with van der Waals surface area (Å²) in [6, 6.07) is 0. The number of likely N-dealkylation sites (N-methyl/N-ethyl adjacent to an activating group) is 1. The molecular formula is C11H19N3O2. The lowest BCUT2D eigenvalue weighted by Crippen LogP contribution is -2.40. The number of nitrogens with zero attached hydrogens (tertiary/aromatic N) is 3. The van der Waals surface area contributed by atoms with Gasteiger partial charge in [0.15, 0.2) is 11.9 Å². The van der Waals surface area contributed by atoms with E-state index in [1.807, 2.05) is 20.9 Å². The molecule has 0 aliphatic rings. The van der Waals surface area contributed by atoms with Crippen molar-refractivity contribution in [2.24, 2.45) is 7.05 Å². The number of hydrogen-bond donors (Lipinski definition) is 0. The molecule has 90 valence electrons. The van der Waals surface area contributed by atoms with Crippen LogP contribution in [0.4, 0.5) is 0 Å². The Kier molecular flexibility index (Phi) is 4.34. The average molecular weight is 225 g/mol. The van der Waals surface area contributed by atoms with Crippen molar-refractivity contribution in [3.63, 3.8) is 0 Å². The summed E-state index contributed by atoms with van der Waals surface area (Å²) in [6.07, 6.45) is 2.88. The average Bonchev–Trinajstić information content (AvgIpc) is 2.65. The summed E-state index contributed by atoms with van der Waals surface area (Å²) in [5.41, 5.74) is 0. The van der Waals surface area contributed by atoms with E-state index >= 15 is 0 Å². The SMILES string of the molecule is CCN(CC)C(=O)C(C)Oc1cnn(C)c1. The van der Waals surface area contributed by atoms with Crippen LogP contribution in [0, 0.1) is 0 Å². The van der Waals surface area contributed by atoms with E-state index in [0.29, 0.717) is 18.8 Å². The van der Waals surface area contributed by atoms with Crippen molar-refractivity contribution in [1.29, 1.82) is 0 Å². The highest BCUT2D eigenvalue weighted by molar-refractivity contribution is 5.80. The van der Waals surface area contributed by atoms with Crippen LogP contribution in [0.5, 0.6) is 5.75 Å². The van der Waals surface area contributed by atoms with Gasteiger partial charge in [-0.2, -0.15) is 5.10 Å². The molecule has 5 heteroatoms. The molecule has 1 rings (SSSR count). The van der Waals surface area contributed by atoms with Crippen LogP contribution in [-0.4, -0.2) is 39.8 Å². The van der Waals surface area contributed by atoms with Gasteiger partial charge in [-0.3, -0.25) is 9.48 Å². The Hall–Kier alpha value is -1.52. The van der Waals surface area contributed by atoms with Gasteiger partial charge in [0.1, 0.15) is 0 Å². The molecule has 0 bridgehead atoms. The second-order valence-electron chi connectivity index (χ2n) is 3.62. The molecule has 0 aliphatic heterocycles. The Morgan fingerprint density at radius 1 is 1.56 bits per heavy atom. The van der Waals surface area contributed by atoms with E-state index in [1.165, 1.54) is 0 Å². The zero-order chi connectivity index (χ0) is 12.1. The second kappa shape index (κ2) is 5.53. The minimum absolute atomic E-state index is 0.00820. The van der Waals surface area contributed by atoms with Gasteiger partial charge in [-0.05, 0) is 20.8 Å². The number of rotatable bonds is 5. The number of hydrogen-bond acceptors (Lipinski definition) is 3. The van der Waals surface area contributed by atoms with Gasteiger partial charge in [0.25, 0.3) is 5.91 Å². The third kappa shape index (κ3) is 2.98. The lowest BCUT2D eigenvalue weighted by atomic mass is 10.3. The van der Waals surface area contributed by atoms with Crippen molar-refractivity contribution in [3.8, 4) is 5.75 Å². The number of carbonyl (C=O) groups is 1. The van der Waals surface area contributed by atoms with E-state index in [2.05, 4.69) is 5.10 Å². The fourth-order valence-electron chi connectivity index (χ4n) is 1.51. The maximum Gasteiger partial charge on any atom is 0.263 e. The van der Waals surface area contributed by atoms with Gasteiger partial charge >= 0.3 is 0 Å². The normalized spacial score (nSPS) is 12.2. The Labute approximate surface area is 96.0 Å². The minimum Gasteiger partial charge on any atom is -0.478 e. The molecule has 1 amide bonds. The van der Waals surface area contributed by atoms with Gasteiger partial charge in [-0.25, -0.2) is 0 Å². The highest BCUT2D eigenvalue weighted by Crippen LogP contribution is 2.11. The molecule has 0 radical (unpaired) electrons. The van der Waals surface area contributed by atoms with E-state index in [0.717, 1.165) is 0 Å². The fraction of sp³-hybridized carbons (Fsp3) is 0.636. The first-order valence-electron chi connectivity index (χ1n) is 5.52. The van der Waals surface area contributed by atoms with E-state index in [-0.39, 0.29) is 5.91 Å². The monoisotopic (exact) mass is 225 g/mol. The molecule has 0 spiro atoms. The highest BCUT2D eigenvalue weighted by atomic mass is 16.5. The number of carbonyl (C=O) groups excluding carboxylic acids is 1. The first-order valence-corrected chi connectivity index (χ1v) is 5.52. The van der Waals surface area contributed by atoms with Gasteiger partial charge in [0.05, 0.1) is 12.4 Å². The molecule has 0 fully saturated rings. The molecule has 16 heavy (non-hydrogen) atoms. The van der Waals surface area contributed by atoms with Crippen molar-refractivity contribution < 1.29 is 9.53 Å². The van der Waals surface area contributed by atoms with Crippen molar-refractivity contribution in [3.05, 3.63) is 12.4 Å². The Morgan fingerprint density at radius 2 is 2.19 bits per heavy atom. The minimum atomic E-state index is -0.468. The summed E-state index contributed by atoms with van der Waals surface area (Å²) in [5, 5.41) is 3.98. The van der Waals surface area contributed by atoms with Gasteiger partial charge in [0.2, 0.25) is 0 Å². The van der Waals surface area contributed by atoms with E-state index in [1.54, 1.807) is 28.9 Å². The number of ether oxygens (including phenoxy) is 1. The van der Waals surface area contributed by atoms with Crippen molar-refractivity contribution in [1.82, 2.24) is 14.7 Å². The summed E-state index contributed by atoms with van der Waals surface area (Å²) < 4.78 is 7.15. The standard InChI is InChI=1S/C11H19N3O2/c1-5-14(6-2)11(15)9(3)16-10-7-12-13(4)8-10/h7-9H,5-6H2,1-4H3. The zero-order valence-corrected chi connectivity index (χ0v) is 10.3. The molecular weight excluding hydrogens is 206 g/mol. The summed E-state index contributed by atoms with van der Waals surface area (Å²) in [5.74, 6) is 0.629. The summed E-state index contributed by atoms with van der Waals surface area (Å²) in [6.45, 7) is 7.08. The smallest absolute Gasteiger partial charge is 0.263 e. The summed E-state index contributed by atoms with van der Waals surface area (Å²) >= 11 is 0. The topological polar surface area (TPSA) is 47.4 Å². The van der Waals surface area contributed by atoms with Crippen LogP contribution in [0.3, 0.4) is 0 Å². The quantitative estimate of drug-likeness (QED) is 0.752. The summed E-state index contributed by atoms with van der Waals surface area (Å²) in [7, 11) is 1.81. The first-order chi connectivity index (χ1) is 7.58. The number of aryl methyl sites for hydroxylation is 1. The van der Waals surface area contributed by atoms with Crippen LogP contribution in [0.1, 0.15) is 20.8 Å². The number of amides is 1. The molecule has 5 nitrogen and oxygen atoms in total. The first kappa shape index (κ1) is 12.5. The molecule has 1 atom stereocenters. The molecule has 1 aromatic heterocycles. The van der Waals surface area contributed by atoms with Crippen LogP contribution < -0.4 is 4.74 Å². The fourth-order valence-corrected chi connectivity index (χ4v) is 1.51. The largest absolute Gasteiger partial charge is 0.478 e. The number of aromatic nitrogens is 2. The third-order valence-electron chi connectivity index (χ3n) is 2.42. The molecule has 0 N–H and O–H groups in total. The summed E-state index contributed by atoms with van der Waals surface area (Å²) in [4.78, 5) is 13.6. The Bertz CT molecular complexity index is 345. The van der Waals surface area contributed by atoms with Crippen molar-refractivity contribution in [2.75, 3.05) is 13.1 Å². The predicted molar refractivity (Wildman–Crippen MR) is 61.2 cm³/mol. The lowest BCUT2D eigenvalue weighted by molar-refractivity contribution is -0.137. The molecule has 1 unspecified atom stereocenters. The van der Waals surface area contributed by atoms with Crippen LogP contribution >= 0.6 is 0 Å². The Balaban J connectivity index is 2.57. The van der Waals surface area contributed by atoms with Crippen LogP contribution in [-0.2, 0) is 11.8 Å². The van der Waals surface area contributed by atoms with Gasteiger partial charge < -0.3 is 9.64 Å². The Morgan fingerprint density at radius 3 is 2.62 bits per heavy atom. The second-order valence-corrected chi connectivity index (χ2v) is 3.62. The lowest BCUT2D eigenvalue weighted by Gasteiger charge is -2.22.